The Kier molecular flexibility index (Phi) is 5.11. The van der Waals surface area contributed by atoms with Crippen LogP contribution in [-0.4, -0.2) is 19.5 Å². The lowest BCUT2D eigenvalue weighted by Gasteiger charge is -2.12. The SMILES string of the molecule is [2H]c1c([2H])c([2H])c(-c2ccc3c4c([2H])c([2H])c([2H])c([2H])c4n(-c4nc(-c5ccc(-c6ccccc6)cc5)nc(-c5ccc(-c6ccccc6)cc5)n4)c3c2)c([2H])c1[2H]. The zero-order valence-electron chi connectivity index (χ0n) is 34.9. The molecule has 4 heteroatoms. The van der Waals surface area contributed by atoms with Crippen LogP contribution in [0.25, 0.3) is 83.9 Å². The van der Waals surface area contributed by atoms with Gasteiger partial charge in [0.25, 0.3) is 0 Å². The van der Waals surface area contributed by atoms with Gasteiger partial charge in [0, 0.05) is 21.9 Å². The molecule has 9 aromatic rings. The minimum Gasteiger partial charge on any atom is -0.278 e. The Bertz CT molecular complexity index is 2950. The van der Waals surface area contributed by atoms with Crippen LogP contribution in [0.4, 0.5) is 0 Å². The first-order valence-electron chi connectivity index (χ1n) is 20.2. The van der Waals surface area contributed by atoms with Crippen molar-refractivity contribution in [2.75, 3.05) is 0 Å². The maximum Gasteiger partial charge on any atom is 0.238 e. The van der Waals surface area contributed by atoms with E-state index in [2.05, 4.69) is 0 Å². The van der Waals surface area contributed by atoms with E-state index in [4.69, 9.17) is 27.3 Å². The van der Waals surface area contributed by atoms with Crippen LogP contribution >= 0.6 is 0 Å². The van der Waals surface area contributed by atoms with Gasteiger partial charge in [0.15, 0.2) is 11.6 Å². The van der Waals surface area contributed by atoms with Crippen molar-refractivity contribution in [2.45, 2.75) is 0 Å². The third-order valence-electron chi connectivity index (χ3n) is 8.51. The van der Waals surface area contributed by atoms with Gasteiger partial charge in [-0.05, 0) is 45.5 Å². The Balaban J connectivity index is 1.33. The molecule has 0 amide bonds. The minimum absolute atomic E-state index is 0.0294. The maximum absolute atomic E-state index is 9.15. The van der Waals surface area contributed by atoms with Crippen molar-refractivity contribution in [3.05, 3.63) is 182 Å². The highest BCUT2D eigenvalue weighted by Gasteiger charge is 2.18. The van der Waals surface area contributed by atoms with E-state index >= 15 is 0 Å². The van der Waals surface area contributed by atoms with Gasteiger partial charge in [-0.15, -0.1) is 0 Å². The monoisotopic (exact) mass is 635 g/mol. The molecule has 0 fully saturated rings. The van der Waals surface area contributed by atoms with E-state index in [1.807, 2.05) is 109 Å². The standard InChI is InChI=1S/C45H30N4/c1-4-12-31(13-5-1)34-20-24-36(25-21-34)43-46-44(37-26-22-35(23-27-37)32-14-6-2-7-15-32)48-45(47-43)49-41-19-11-10-18-39(41)40-29-28-38(30-42(40)49)33-16-8-3-9-17-33/h1-30H/i3D,8D,9D,10D,11D,16D,17D,18D,19D. The van der Waals surface area contributed by atoms with E-state index < -0.39 is 30.2 Å². The van der Waals surface area contributed by atoms with Crippen LogP contribution in [0.5, 0.6) is 0 Å². The highest BCUT2D eigenvalue weighted by molar-refractivity contribution is 6.10. The molecule has 2 heterocycles. The van der Waals surface area contributed by atoms with E-state index in [1.54, 1.807) is 22.8 Å². The molecule has 0 spiro atoms. The number of fused-ring (bicyclic) bond motifs is 3. The summed E-state index contributed by atoms with van der Waals surface area (Å²) in [5.41, 5.74) is 6.13. The second kappa shape index (κ2) is 12.2. The molecule has 0 saturated heterocycles. The molecular formula is C45H30N4. The Morgan fingerprint density at radius 3 is 1.45 bits per heavy atom. The summed E-state index contributed by atoms with van der Waals surface area (Å²) >= 11 is 0. The number of aromatic nitrogens is 4. The second-order valence-electron chi connectivity index (χ2n) is 11.5. The van der Waals surface area contributed by atoms with Gasteiger partial charge < -0.3 is 0 Å². The third-order valence-corrected chi connectivity index (χ3v) is 8.51. The van der Waals surface area contributed by atoms with E-state index in [1.165, 1.54) is 0 Å². The first-order chi connectivity index (χ1) is 28.0. The van der Waals surface area contributed by atoms with Crippen LogP contribution in [0.1, 0.15) is 12.3 Å². The number of hydrogen-bond donors (Lipinski definition) is 0. The number of hydrogen-bond acceptors (Lipinski definition) is 3. The smallest absolute Gasteiger partial charge is 0.238 e. The topological polar surface area (TPSA) is 43.6 Å². The summed E-state index contributed by atoms with van der Waals surface area (Å²) in [5.74, 6) is 0.677. The lowest BCUT2D eigenvalue weighted by molar-refractivity contribution is 0.953. The first-order valence-corrected chi connectivity index (χ1v) is 15.7. The van der Waals surface area contributed by atoms with Crippen molar-refractivity contribution in [3.8, 4) is 62.1 Å². The minimum atomic E-state index is -0.517. The number of rotatable bonds is 6. The van der Waals surface area contributed by atoms with Crippen molar-refractivity contribution >= 4 is 21.8 Å². The summed E-state index contributed by atoms with van der Waals surface area (Å²) in [4.78, 5) is 14.9. The quantitative estimate of drug-likeness (QED) is 0.183. The molecule has 2 aromatic heterocycles. The van der Waals surface area contributed by atoms with Crippen molar-refractivity contribution in [2.24, 2.45) is 0 Å². The number of para-hydroxylation sites is 1. The zero-order valence-corrected chi connectivity index (χ0v) is 25.9. The fourth-order valence-electron chi connectivity index (χ4n) is 6.08. The molecule has 0 aliphatic carbocycles. The molecule has 9 rings (SSSR count). The highest BCUT2D eigenvalue weighted by atomic mass is 15.2. The van der Waals surface area contributed by atoms with E-state index in [9.17, 15) is 0 Å². The molecule has 4 nitrogen and oxygen atoms in total. The van der Waals surface area contributed by atoms with Crippen LogP contribution in [0, 0.1) is 0 Å². The number of nitrogens with zero attached hydrogens (tertiary/aromatic N) is 4. The predicted octanol–water partition coefficient (Wildman–Crippen LogP) is 11.3. The molecular weight excluding hydrogens is 597 g/mol. The molecule has 7 aromatic carbocycles. The molecule has 0 unspecified atom stereocenters. The Morgan fingerprint density at radius 2 is 0.857 bits per heavy atom. The molecule has 0 aliphatic rings. The summed E-state index contributed by atoms with van der Waals surface area (Å²) in [5, 5.41) is 0.651. The van der Waals surface area contributed by atoms with Crippen LogP contribution in [0.2, 0.25) is 0 Å². The van der Waals surface area contributed by atoms with Crippen molar-refractivity contribution in [1.29, 1.82) is 0 Å². The molecule has 49 heavy (non-hydrogen) atoms. The van der Waals surface area contributed by atoms with E-state index in [0.717, 1.165) is 22.3 Å². The van der Waals surface area contributed by atoms with Crippen molar-refractivity contribution < 1.29 is 12.3 Å². The van der Waals surface area contributed by atoms with Gasteiger partial charge in [-0.1, -0.05) is 170 Å². The average Bonchev–Trinajstić information content (AvgIpc) is 3.61. The van der Waals surface area contributed by atoms with Crippen LogP contribution < -0.4 is 0 Å². The molecule has 230 valence electrons. The van der Waals surface area contributed by atoms with Crippen LogP contribution in [0.15, 0.2) is 182 Å². The normalized spacial score (nSPS) is 13.8. The fourth-order valence-corrected chi connectivity index (χ4v) is 6.08. The van der Waals surface area contributed by atoms with Gasteiger partial charge in [-0.3, -0.25) is 4.57 Å². The zero-order chi connectivity index (χ0) is 40.4. The van der Waals surface area contributed by atoms with E-state index in [-0.39, 0.29) is 52.1 Å². The Hall–Kier alpha value is -6.65. The van der Waals surface area contributed by atoms with E-state index in [0.29, 0.717) is 33.7 Å². The highest BCUT2D eigenvalue weighted by Crippen LogP contribution is 2.35. The summed E-state index contributed by atoms with van der Waals surface area (Å²) in [6, 6.07) is 36.6. The Morgan fingerprint density at radius 1 is 0.367 bits per heavy atom. The first kappa shape index (κ1) is 20.6. The van der Waals surface area contributed by atoms with Crippen molar-refractivity contribution in [1.82, 2.24) is 19.5 Å². The van der Waals surface area contributed by atoms with Gasteiger partial charge in [0.1, 0.15) is 0 Å². The second-order valence-corrected chi connectivity index (χ2v) is 11.5. The fraction of sp³-hybridized carbons (Fsp3) is 0. The lowest BCUT2D eigenvalue weighted by atomic mass is 10.0. The summed E-state index contributed by atoms with van der Waals surface area (Å²) in [6.07, 6.45) is 0. The molecule has 0 atom stereocenters. The molecule has 0 radical (unpaired) electrons. The summed E-state index contributed by atoms with van der Waals surface area (Å²) < 4.78 is 79.1. The van der Waals surface area contributed by atoms with Crippen LogP contribution in [0.3, 0.4) is 0 Å². The maximum atomic E-state index is 9.15. The Labute approximate surface area is 297 Å². The predicted molar refractivity (Wildman–Crippen MR) is 201 cm³/mol. The molecule has 0 aliphatic heterocycles. The van der Waals surface area contributed by atoms with Gasteiger partial charge in [0.2, 0.25) is 5.95 Å². The lowest BCUT2D eigenvalue weighted by Crippen LogP contribution is -2.06. The van der Waals surface area contributed by atoms with Gasteiger partial charge in [-0.25, -0.2) is 4.98 Å². The third kappa shape index (κ3) is 5.35. The molecule has 0 saturated carbocycles. The van der Waals surface area contributed by atoms with Gasteiger partial charge in [0.05, 0.1) is 23.4 Å². The molecule has 0 bridgehead atoms. The summed E-state index contributed by atoms with van der Waals surface area (Å²) in [7, 11) is 0. The number of benzene rings is 7. The molecule has 0 N–H and O–H groups in total. The average molecular weight is 636 g/mol. The van der Waals surface area contributed by atoms with Crippen LogP contribution in [-0.2, 0) is 0 Å². The van der Waals surface area contributed by atoms with Crippen molar-refractivity contribution in [3.63, 3.8) is 0 Å². The largest absolute Gasteiger partial charge is 0.278 e. The van der Waals surface area contributed by atoms with Gasteiger partial charge >= 0.3 is 0 Å². The summed E-state index contributed by atoms with van der Waals surface area (Å²) in [6.45, 7) is 0. The van der Waals surface area contributed by atoms with Gasteiger partial charge in [-0.2, -0.15) is 9.97 Å².